The van der Waals surface area contributed by atoms with Gasteiger partial charge in [0, 0.05) is 14.8 Å². The summed E-state index contributed by atoms with van der Waals surface area (Å²) in [5.74, 6) is 0. The van der Waals surface area contributed by atoms with E-state index in [1.807, 2.05) is 18.2 Å². The van der Waals surface area contributed by atoms with E-state index in [0.29, 0.717) is 0 Å². The lowest BCUT2D eigenvalue weighted by Gasteiger charge is -2.21. The smallest absolute Gasteiger partial charge is 0.0527 e. The molecule has 3 rings (SSSR count). The van der Waals surface area contributed by atoms with Crippen molar-refractivity contribution in [3.8, 4) is 0 Å². The number of aryl methyl sites for hydroxylation is 1. The first-order valence-electron chi connectivity index (χ1n) is 5.07. The van der Waals surface area contributed by atoms with E-state index in [0.717, 1.165) is 10.7 Å². The molecule has 80 valence electrons. The Morgan fingerprint density at radius 2 is 1.69 bits per heavy atom. The number of benzene rings is 2. The maximum atomic E-state index is 5.99. The first-order valence-corrected chi connectivity index (χ1v) is 6.27. The quantitative estimate of drug-likeness (QED) is 0.609. The minimum absolute atomic E-state index is 0.782. The number of hydrogen-bond donors (Lipinski definition) is 1. The summed E-state index contributed by atoms with van der Waals surface area (Å²) in [4.78, 5) is 2.44. The molecule has 16 heavy (non-hydrogen) atoms. The molecule has 0 amide bonds. The fourth-order valence-corrected chi connectivity index (χ4v) is 3.13. The average Bonchev–Trinajstić information content (AvgIpc) is 2.26. The van der Waals surface area contributed by atoms with Crippen LogP contribution in [0.1, 0.15) is 5.56 Å². The van der Waals surface area contributed by atoms with Gasteiger partial charge in [-0.25, -0.2) is 0 Å². The molecule has 1 heterocycles. The van der Waals surface area contributed by atoms with Crippen LogP contribution in [0.15, 0.2) is 46.2 Å². The van der Waals surface area contributed by atoms with E-state index < -0.39 is 0 Å². The van der Waals surface area contributed by atoms with Gasteiger partial charge in [0.2, 0.25) is 0 Å². The Kier molecular flexibility index (Phi) is 2.34. The van der Waals surface area contributed by atoms with Gasteiger partial charge >= 0.3 is 0 Å². The van der Waals surface area contributed by atoms with E-state index in [-0.39, 0.29) is 0 Å². The number of halogens is 1. The van der Waals surface area contributed by atoms with Crippen molar-refractivity contribution in [2.24, 2.45) is 0 Å². The largest absolute Gasteiger partial charge is 0.354 e. The molecular formula is C13H10ClNS. The minimum atomic E-state index is 0.782. The second-order valence-corrected chi connectivity index (χ2v) is 5.39. The maximum absolute atomic E-state index is 5.99. The number of anilines is 2. The van der Waals surface area contributed by atoms with Gasteiger partial charge in [0.15, 0.2) is 0 Å². The van der Waals surface area contributed by atoms with Gasteiger partial charge in [0.25, 0.3) is 0 Å². The van der Waals surface area contributed by atoms with Gasteiger partial charge in [0.1, 0.15) is 0 Å². The number of hydrogen-bond acceptors (Lipinski definition) is 2. The third-order valence-electron chi connectivity index (χ3n) is 2.57. The van der Waals surface area contributed by atoms with Crippen molar-refractivity contribution >= 4 is 34.7 Å². The van der Waals surface area contributed by atoms with Crippen molar-refractivity contribution in [2.45, 2.75) is 16.7 Å². The number of fused-ring (bicyclic) bond motifs is 2. The highest BCUT2D eigenvalue weighted by Crippen LogP contribution is 2.45. The Morgan fingerprint density at radius 1 is 1.00 bits per heavy atom. The summed E-state index contributed by atoms with van der Waals surface area (Å²) in [7, 11) is 0. The highest BCUT2D eigenvalue weighted by atomic mass is 35.5. The van der Waals surface area contributed by atoms with Crippen LogP contribution in [0.4, 0.5) is 11.4 Å². The Bertz CT molecular complexity index is 516. The second kappa shape index (κ2) is 3.72. The first kappa shape index (κ1) is 10.1. The molecule has 2 aromatic rings. The van der Waals surface area contributed by atoms with Crippen LogP contribution in [-0.2, 0) is 0 Å². The predicted octanol–water partition coefficient (Wildman–Crippen LogP) is 4.86. The molecule has 0 saturated carbocycles. The molecule has 0 aromatic heterocycles. The lowest BCUT2D eigenvalue weighted by molar-refractivity contribution is 1.29. The summed E-state index contributed by atoms with van der Waals surface area (Å²) in [6.45, 7) is 2.11. The van der Waals surface area contributed by atoms with Crippen LogP contribution in [0.2, 0.25) is 5.02 Å². The number of nitrogens with one attached hydrogen (secondary N) is 1. The molecular weight excluding hydrogens is 238 g/mol. The van der Waals surface area contributed by atoms with Gasteiger partial charge in [-0.15, -0.1) is 0 Å². The summed E-state index contributed by atoms with van der Waals surface area (Å²) in [5, 5.41) is 4.20. The van der Waals surface area contributed by atoms with Crippen molar-refractivity contribution in [2.75, 3.05) is 5.32 Å². The van der Waals surface area contributed by atoms with Crippen molar-refractivity contribution in [1.82, 2.24) is 0 Å². The zero-order chi connectivity index (χ0) is 11.1. The fraction of sp³-hybridized carbons (Fsp3) is 0.0769. The first-order chi connectivity index (χ1) is 7.72. The molecule has 1 aliphatic heterocycles. The van der Waals surface area contributed by atoms with Gasteiger partial charge in [0.05, 0.1) is 11.4 Å². The molecule has 1 aliphatic rings. The molecule has 2 aromatic carbocycles. The van der Waals surface area contributed by atoms with Crippen molar-refractivity contribution < 1.29 is 0 Å². The third-order valence-corrected chi connectivity index (χ3v) is 3.92. The van der Waals surface area contributed by atoms with Crippen LogP contribution in [-0.4, -0.2) is 0 Å². The van der Waals surface area contributed by atoms with Crippen molar-refractivity contribution in [3.63, 3.8) is 0 Å². The van der Waals surface area contributed by atoms with Crippen molar-refractivity contribution in [3.05, 3.63) is 47.0 Å². The Balaban J connectivity index is 2.10. The molecule has 0 radical (unpaired) electrons. The van der Waals surface area contributed by atoms with Gasteiger partial charge in [-0.3, -0.25) is 0 Å². The lowest BCUT2D eigenvalue weighted by atomic mass is 10.2. The number of rotatable bonds is 0. The SMILES string of the molecule is Cc1ccc2c(c1)Sc1cc(Cl)ccc1N2. The normalized spacial score (nSPS) is 12.6. The third kappa shape index (κ3) is 1.68. The van der Waals surface area contributed by atoms with Gasteiger partial charge < -0.3 is 5.32 Å². The van der Waals surface area contributed by atoms with Crippen molar-refractivity contribution in [1.29, 1.82) is 0 Å². The summed E-state index contributed by atoms with van der Waals surface area (Å²) >= 11 is 7.76. The molecule has 1 nitrogen and oxygen atoms in total. The van der Waals surface area contributed by atoms with Gasteiger partial charge in [-0.2, -0.15) is 0 Å². The summed E-state index contributed by atoms with van der Waals surface area (Å²) in [6.07, 6.45) is 0. The van der Waals surface area contributed by atoms with Gasteiger partial charge in [-0.05, 0) is 42.8 Å². The van der Waals surface area contributed by atoms with E-state index in [1.165, 1.54) is 21.0 Å². The van der Waals surface area contributed by atoms with E-state index >= 15 is 0 Å². The Hall–Kier alpha value is -1.12. The fourth-order valence-electron chi connectivity index (χ4n) is 1.76. The van der Waals surface area contributed by atoms with Crippen LogP contribution < -0.4 is 5.32 Å². The molecule has 0 fully saturated rings. The molecule has 0 atom stereocenters. The summed E-state index contributed by atoms with van der Waals surface area (Å²) in [6, 6.07) is 12.4. The topological polar surface area (TPSA) is 12.0 Å². The van der Waals surface area contributed by atoms with E-state index in [1.54, 1.807) is 11.8 Å². The Morgan fingerprint density at radius 3 is 2.50 bits per heavy atom. The molecule has 1 N–H and O–H groups in total. The minimum Gasteiger partial charge on any atom is -0.354 e. The standard InChI is InChI=1S/C13H10ClNS/c1-8-2-4-10-12(6-8)16-13-7-9(14)3-5-11(13)15-10/h2-7,15H,1H3. The zero-order valence-electron chi connectivity index (χ0n) is 8.75. The summed E-state index contributed by atoms with van der Waals surface area (Å²) < 4.78 is 0. The lowest BCUT2D eigenvalue weighted by Crippen LogP contribution is -1.99. The molecule has 0 unspecified atom stereocenters. The Labute approximate surface area is 104 Å². The molecule has 3 heteroatoms. The van der Waals surface area contributed by atoms with Crippen LogP contribution in [0.25, 0.3) is 0 Å². The molecule has 0 spiro atoms. The second-order valence-electron chi connectivity index (χ2n) is 3.87. The highest BCUT2D eigenvalue weighted by molar-refractivity contribution is 7.99. The molecule has 0 bridgehead atoms. The molecule has 0 saturated heterocycles. The average molecular weight is 248 g/mol. The van der Waals surface area contributed by atoms with Crippen LogP contribution >= 0.6 is 23.4 Å². The van der Waals surface area contributed by atoms with Crippen LogP contribution in [0.5, 0.6) is 0 Å². The van der Waals surface area contributed by atoms with Crippen LogP contribution in [0.3, 0.4) is 0 Å². The zero-order valence-corrected chi connectivity index (χ0v) is 10.3. The van der Waals surface area contributed by atoms with Gasteiger partial charge in [-0.1, -0.05) is 29.4 Å². The van der Waals surface area contributed by atoms with E-state index in [9.17, 15) is 0 Å². The molecule has 0 aliphatic carbocycles. The predicted molar refractivity (Wildman–Crippen MR) is 70.0 cm³/mol. The van der Waals surface area contributed by atoms with E-state index in [4.69, 9.17) is 11.6 Å². The monoisotopic (exact) mass is 247 g/mol. The maximum Gasteiger partial charge on any atom is 0.0527 e. The van der Waals surface area contributed by atoms with Crippen LogP contribution in [0, 0.1) is 6.92 Å². The van der Waals surface area contributed by atoms with E-state index in [2.05, 4.69) is 30.4 Å². The summed E-state index contributed by atoms with van der Waals surface area (Å²) in [5.41, 5.74) is 3.58. The highest BCUT2D eigenvalue weighted by Gasteiger charge is 2.15.